The fourth-order valence-electron chi connectivity index (χ4n) is 2.62. The number of hydrogen-bond donors (Lipinski definition) is 1. The zero-order valence-electron chi connectivity index (χ0n) is 12.4. The molecule has 1 aromatic rings. The Morgan fingerprint density at radius 3 is 2.85 bits per heavy atom. The molecule has 0 radical (unpaired) electrons. The zero-order chi connectivity index (χ0) is 14.7. The number of carbonyl (C=O) groups excluding carboxylic acids is 1. The van der Waals surface area contributed by atoms with Gasteiger partial charge in [0.2, 0.25) is 0 Å². The fourth-order valence-corrected chi connectivity index (χ4v) is 2.62. The van der Waals surface area contributed by atoms with E-state index in [2.05, 4.69) is 18.9 Å². The molecule has 20 heavy (non-hydrogen) atoms. The highest BCUT2D eigenvalue weighted by Crippen LogP contribution is 2.28. The van der Waals surface area contributed by atoms with Crippen LogP contribution >= 0.6 is 0 Å². The first-order chi connectivity index (χ1) is 9.54. The molecule has 0 saturated carbocycles. The predicted molar refractivity (Wildman–Crippen MR) is 80.0 cm³/mol. The minimum atomic E-state index is 0.00125. The zero-order valence-corrected chi connectivity index (χ0v) is 12.4. The third-order valence-electron chi connectivity index (χ3n) is 3.66. The van der Waals surface area contributed by atoms with Crippen molar-refractivity contribution >= 4 is 11.6 Å². The number of piperazine rings is 1. The Balaban J connectivity index is 2.27. The molecule has 110 valence electrons. The predicted octanol–water partition coefficient (Wildman–Crippen LogP) is 1.44. The summed E-state index contributed by atoms with van der Waals surface area (Å²) in [5.74, 6) is 0.507. The number of nitrogen functional groups attached to an aromatic ring is 1. The van der Waals surface area contributed by atoms with Crippen LogP contribution < -0.4 is 10.5 Å². The van der Waals surface area contributed by atoms with Gasteiger partial charge in [-0.1, -0.05) is 6.07 Å². The lowest BCUT2D eigenvalue weighted by molar-refractivity contribution is 0.0530. The van der Waals surface area contributed by atoms with Crippen LogP contribution in [0.5, 0.6) is 5.75 Å². The number of nitrogens with zero attached hydrogens (tertiary/aromatic N) is 2. The van der Waals surface area contributed by atoms with E-state index in [4.69, 9.17) is 10.5 Å². The van der Waals surface area contributed by atoms with Crippen LogP contribution in [0.25, 0.3) is 0 Å². The first-order valence-electron chi connectivity index (χ1n) is 7.05. The number of carbonyl (C=O) groups is 1. The number of nitrogens with two attached hydrogens (primary N) is 1. The second-order valence-corrected chi connectivity index (χ2v) is 5.27. The molecule has 2 rings (SSSR count). The number of amides is 1. The van der Waals surface area contributed by atoms with Gasteiger partial charge in [-0.25, -0.2) is 0 Å². The van der Waals surface area contributed by atoms with Crippen molar-refractivity contribution in [3.05, 3.63) is 23.8 Å². The third kappa shape index (κ3) is 2.88. The number of hydrogen-bond acceptors (Lipinski definition) is 4. The highest BCUT2D eigenvalue weighted by molar-refractivity contribution is 5.98. The second kappa shape index (κ2) is 6.13. The molecule has 0 aromatic heterocycles. The van der Waals surface area contributed by atoms with Crippen molar-refractivity contribution in [2.75, 3.05) is 39.0 Å². The van der Waals surface area contributed by atoms with Gasteiger partial charge in [0, 0.05) is 25.7 Å². The molecule has 5 heteroatoms. The van der Waals surface area contributed by atoms with Crippen LogP contribution in [-0.4, -0.2) is 55.0 Å². The molecule has 1 aliphatic rings. The van der Waals surface area contributed by atoms with E-state index in [1.54, 1.807) is 18.2 Å². The van der Waals surface area contributed by atoms with Crippen LogP contribution in [-0.2, 0) is 0 Å². The van der Waals surface area contributed by atoms with E-state index < -0.39 is 0 Å². The largest absolute Gasteiger partial charge is 0.491 e. The van der Waals surface area contributed by atoms with E-state index in [-0.39, 0.29) is 11.9 Å². The van der Waals surface area contributed by atoms with Gasteiger partial charge in [0.25, 0.3) is 5.91 Å². The minimum Gasteiger partial charge on any atom is -0.491 e. The summed E-state index contributed by atoms with van der Waals surface area (Å²) < 4.78 is 5.55. The number of para-hydroxylation sites is 1. The third-order valence-corrected chi connectivity index (χ3v) is 3.66. The summed E-state index contributed by atoms with van der Waals surface area (Å²) in [6.07, 6.45) is 0. The van der Waals surface area contributed by atoms with Crippen LogP contribution in [0.1, 0.15) is 24.2 Å². The maximum atomic E-state index is 12.7. The Morgan fingerprint density at radius 1 is 1.45 bits per heavy atom. The first-order valence-corrected chi connectivity index (χ1v) is 7.05. The summed E-state index contributed by atoms with van der Waals surface area (Å²) in [6.45, 7) is 6.96. The van der Waals surface area contributed by atoms with Gasteiger partial charge in [0.1, 0.15) is 0 Å². The van der Waals surface area contributed by atoms with Crippen molar-refractivity contribution in [3.63, 3.8) is 0 Å². The summed E-state index contributed by atoms with van der Waals surface area (Å²) >= 11 is 0. The molecule has 2 N–H and O–H groups in total. The topological polar surface area (TPSA) is 58.8 Å². The lowest BCUT2D eigenvalue weighted by Gasteiger charge is -2.38. The maximum absolute atomic E-state index is 12.7. The van der Waals surface area contributed by atoms with E-state index >= 15 is 0 Å². The van der Waals surface area contributed by atoms with Crippen molar-refractivity contribution in [2.45, 2.75) is 19.9 Å². The van der Waals surface area contributed by atoms with Crippen molar-refractivity contribution in [2.24, 2.45) is 0 Å². The van der Waals surface area contributed by atoms with Gasteiger partial charge in [0.05, 0.1) is 17.9 Å². The van der Waals surface area contributed by atoms with Crippen LogP contribution in [0.3, 0.4) is 0 Å². The Hall–Kier alpha value is -1.75. The standard InChI is InChI=1S/C15H23N3O2/c1-4-20-14-12(6-5-7-13(14)16)15(19)18-9-8-17(3)10-11(18)2/h5-7,11H,4,8-10,16H2,1-3H3. The minimum absolute atomic E-state index is 0.00125. The fraction of sp³-hybridized carbons (Fsp3) is 0.533. The number of likely N-dealkylation sites (N-methyl/N-ethyl adjacent to an activating group) is 1. The van der Waals surface area contributed by atoms with E-state index in [0.29, 0.717) is 23.6 Å². The summed E-state index contributed by atoms with van der Waals surface area (Å²) in [5, 5.41) is 0. The molecule has 1 atom stereocenters. The molecular formula is C15H23N3O2. The number of rotatable bonds is 3. The smallest absolute Gasteiger partial charge is 0.258 e. The normalized spacial score (nSPS) is 19.9. The number of benzene rings is 1. The lowest BCUT2D eigenvalue weighted by Crippen LogP contribution is -2.52. The maximum Gasteiger partial charge on any atom is 0.258 e. The summed E-state index contributed by atoms with van der Waals surface area (Å²) in [5.41, 5.74) is 7.00. The van der Waals surface area contributed by atoms with Crippen molar-refractivity contribution < 1.29 is 9.53 Å². The molecule has 1 aromatic carbocycles. The number of ether oxygens (including phenoxy) is 1. The molecule has 1 amide bonds. The Kier molecular flexibility index (Phi) is 4.49. The van der Waals surface area contributed by atoms with E-state index in [1.165, 1.54) is 0 Å². The molecule has 0 aliphatic carbocycles. The summed E-state index contributed by atoms with van der Waals surface area (Å²) in [4.78, 5) is 16.9. The molecule has 1 fully saturated rings. The monoisotopic (exact) mass is 277 g/mol. The highest BCUT2D eigenvalue weighted by Gasteiger charge is 2.28. The van der Waals surface area contributed by atoms with Crippen LogP contribution in [0.4, 0.5) is 5.69 Å². The molecule has 1 saturated heterocycles. The average molecular weight is 277 g/mol. The van der Waals surface area contributed by atoms with Crippen molar-refractivity contribution in [1.29, 1.82) is 0 Å². The first kappa shape index (κ1) is 14.7. The van der Waals surface area contributed by atoms with Gasteiger partial charge >= 0.3 is 0 Å². The van der Waals surface area contributed by atoms with Gasteiger partial charge in [-0.3, -0.25) is 4.79 Å². The highest BCUT2D eigenvalue weighted by atomic mass is 16.5. The molecular weight excluding hydrogens is 254 g/mol. The lowest BCUT2D eigenvalue weighted by atomic mass is 10.1. The van der Waals surface area contributed by atoms with Crippen molar-refractivity contribution in [3.8, 4) is 5.75 Å². The summed E-state index contributed by atoms with van der Waals surface area (Å²) in [7, 11) is 2.07. The van der Waals surface area contributed by atoms with Gasteiger partial charge in [-0.05, 0) is 33.0 Å². The molecule has 0 spiro atoms. The average Bonchev–Trinajstić information content (AvgIpc) is 2.40. The Bertz CT molecular complexity index is 490. The van der Waals surface area contributed by atoms with Gasteiger partial charge in [-0.15, -0.1) is 0 Å². The Morgan fingerprint density at radius 2 is 2.20 bits per heavy atom. The van der Waals surface area contributed by atoms with Gasteiger partial charge < -0.3 is 20.3 Å². The SMILES string of the molecule is CCOc1c(N)cccc1C(=O)N1CCN(C)CC1C. The van der Waals surface area contributed by atoms with Crippen LogP contribution in [0, 0.1) is 0 Å². The van der Waals surface area contributed by atoms with Crippen LogP contribution in [0.2, 0.25) is 0 Å². The van der Waals surface area contributed by atoms with Gasteiger partial charge in [0.15, 0.2) is 5.75 Å². The Labute approximate surface area is 120 Å². The molecule has 1 aliphatic heterocycles. The summed E-state index contributed by atoms with van der Waals surface area (Å²) in [6, 6.07) is 5.53. The molecule has 0 bridgehead atoms. The van der Waals surface area contributed by atoms with E-state index in [0.717, 1.165) is 19.6 Å². The van der Waals surface area contributed by atoms with E-state index in [9.17, 15) is 4.79 Å². The van der Waals surface area contributed by atoms with Gasteiger partial charge in [-0.2, -0.15) is 0 Å². The molecule has 5 nitrogen and oxygen atoms in total. The van der Waals surface area contributed by atoms with Crippen molar-refractivity contribution in [1.82, 2.24) is 9.80 Å². The molecule has 1 unspecified atom stereocenters. The van der Waals surface area contributed by atoms with Crippen LogP contribution in [0.15, 0.2) is 18.2 Å². The molecule has 1 heterocycles. The quantitative estimate of drug-likeness (QED) is 0.849. The van der Waals surface area contributed by atoms with E-state index in [1.807, 2.05) is 11.8 Å². The second-order valence-electron chi connectivity index (χ2n) is 5.27. The number of anilines is 1.